The third-order valence-electron chi connectivity index (χ3n) is 16.8. The predicted octanol–water partition coefficient (Wildman–Crippen LogP) is 4.84. The third-order valence-corrected chi connectivity index (χ3v) is 16.8. The van der Waals surface area contributed by atoms with E-state index in [0.717, 1.165) is 40.7 Å². The fourth-order valence-corrected chi connectivity index (χ4v) is 12.8. The summed E-state index contributed by atoms with van der Waals surface area (Å²) in [5.74, 6) is -10.3. The maximum absolute atomic E-state index is 15.8. The van der Waals surface area contributed by atoms with Crippen molar-refractivity contribution in [3.8, 4) is 0 Å². The van der Waals surface area contributed by atoms with Gasteiger partial charge in [0.25, 0.3) is 5.91 Å². The minimum atomic E-state index is -2.38. The molecule has 0 radical (unpaired) electrons. The van der Waals surface area contributed by atoms with E-state index in [1.807, 2.05) is 0 Å². The average Bonchev–Trinajstić information content (AvgIpc) is 0.722. The molecule has 0 spiro atoms. The fraction of sp³-hybridized carbons (Fsp3) is 0.484. The SMILES string of the molecule is CC(=O)O[C@H]1C(=O)[C@]2(C)[C@@H](O)CC3OC[C@@]3(OC(C)=O)[C@H]2[C@H](OC(=O)c2ccccc2)C2(O)C[C@H](OCCC(=O)C(OC(=O)C3=C[C@@H](OC(C)=O)[C@@H](OC(C)=O)[C@H](OC(C)=O)C3)C(NC(=O)c3ccccc3)c3ccccc3)C(C)=C1C2(C)C. The highest BCUT2D eigenvalue weighted by atomic mass is 16.6. The Balaban J connectivity index is 1.21. The largest absolute Gasteiger partial charge is 0.458 e. The van der Waals surface area contributed by atoms with E-state index in [-0.39, 0.29) is 40.9 Å². The molecule has 2 bridgehead atoms. The highest BCUT2D eigenvalue weighted by Gasteiger charge is 2.78. The summed E-state index contributed by atoms with van der Waals surface area (Å²) in [7, 11) is 0. The third kappa shape index (κ3) is 12.1. The van der Waals surface area contributed by atoms with Gasteiger partial charge in [-0.15, -0.1) is 0 Å². The van der Waals surface area contributed by atoms with Crippen LogP contribution in [-0.2, 0) is 81.0 Å². The summed E-state index contributed by atoms with van der Waals surface area (Å²) in [4.78, 5) is 138. The average molecular weight is 1160 g/mol. The number of amides is 1. The summed E-state index contributed by atoms with van der Waals surface area (Å²) in [5.41, 5.74) is -7.42. The molecule has 3 aromatic carbocycles. The molecule has 1 amide bonds. The number of Topliss-reactive ketones (excluding diaryl/α,β-unsaturated/α-hetero) is 2. The van der Waals surface area contributed by atoms with E-state index in [1.54, 1.807) is 87.5 Å². The Hall–Kier alpha value is -7.92. The van der Waals surface area contributed by atoms with Gasteiger partial charge in [-0.05, 0) is 60.9 Å². The minimum absolute atomic E-state index is 0.0318. The van der Waals surface area contributed by atoms with Crippen LogP contribution in [0.25, 0.3) is 0 Å². The maximum Gasteiger partial charge on any atom is 0.338 e. The zero-order valence-electron chi connectivity index (χ0n) is 48.0. The molecule has 84 heavy (non-hydrogen) atoms. The molecule has 22 heteroatoms. The molecule has 1 aliphatic heterocycles. The van der Waals surface area contributed by atoms with E-state index in [4.69, 9.17) is 42.6 Å². The first-order valence-corrected chi connectivity index (χ1v) is 27.5. The second kappa shape index (κ2) is 24.7. The van der Waals surface area contributed by atoms with Crippen molar-refractivity contribution in [1.29, 1.82) is 0 Å². The number of carbonyl (C=O) groups excluding carboxylic acids is 10. The van der Waals surface area contributed by atoms with Crippen molar-refractivity contribution in [2.24, 2.45) is 16.7 Å². The number of ether oxygens (including phenoxy) is 9. The molecule has 448 valence electrons. The Kier molecular flexibility index (Phi) is 18.3. The first kappa shape index (κ1) is 62.1. The van der Waals surface area contributed by atoms with Crippen molar-refractivity contribution < 1.29 is 101 Å². The lowest BCUT2D eigenvalue weighted by Crippen LogP contribution is -2.82. The number of nitrogens with one attached hydrogen (secondary N) is 1. The summed E-state index contributed by atoms with van der Waals surface area (Å²) in [6.45, 7) is 10.7. The molecule has 4 unspecified atom stereocenters. The van der Waals surface area contributed by atoms with Crippen LogP contribution >= 0.6 is 0 Å². The summed E-state index contributed by atoms with van der Waals surface area (Å²) in [6.07, 6.45) is -14.4. The number of ketones is 2. The number of hydrogen-bond donors (Lipinski definition) is 3. The number of benzene rings is 3. The van der Waals surface area contributed by atoms with Gasteiger partial charge in [0.1, 0.15) is 23.9 Å². The van der Waals surface area contributed by atoms with Gasteiger partial charge in [-0.2, -0.15) is 0 Å². The summed E-state index contributed by atoms with van der Waals surface area (Å²) >= 11 is 0. The van der Waals surface area contributed by atoms with Gasteiger partial charge >= 0.3 is 41.8 Å². The lowest BCUT2D eigenvalue weighted by Gasteiger charge is -2.67. The number of aliphatic hydroxyl groups is 2. The van der Waals surface area contributed by atoms with E-state index in [1.165, 1.54) is 31.2 Å². The minimum Gasteiger partial charge on any atom is -0.458 e. The number of rotatable bonds is 18. The van der Waals surface area contributed by atoms with Crippen LogP contribution in [0.2, 0.25) is 0 Å². The number of aliphatic hydroxyl groups excluding tert-OH is 1. The van der Waals surface area contributed by atoms with Gasteiger partial charge in [-0.25, -0.2) is 9.59 Å². The zero-order valence-corrected chi connectivity index (χ0v) is 48.0. The van der Waals surface area contributed by atoms with Crippen LogP contribution < -0.4 is 5.32 Å². The van der Waals surface area contributed by atoms with Crippen molar-refractivity contribution in [3.63, 3.8) is 0 Å². The molecule has 8 rings (SSSR count). The molecule has 1 saturated heterocycles. The number of hydrogen-bond acceptors (Lipinski definition) is 21. The van der Waals surface area contributed by atoms with Gasteiger partial charge < -0.3 is 58.2 Å². The Morgan fingerprint density at radius 3 is 1.87 bits per heavy atom. The summed E-state index contributed by atoms with van der Waals surface area (Å²) < 4.78 is 53.6. The van der Waals surface area contributed by atoms with Crippen LogP contribution in [-0.4, -0.2) is 149 Å². The van der Waals surface area contributed by atoms with E-state index < -0.39 is 174 Å². The van der Waals surface area contributed by atoms with Gasteiger partial charge in [0, 0.05) is 76.9 Å². The molecule has 3 N–H and O–H groups in total. The van der Waals surface area contributed by atoms with Gasteiger partial charge in [-0.3, -0.25) is 38.4 Å². The van der Waals surface area contributed by atoms with Crippen molar-refractivity contribution in [3.05, 3.63) is 130 Å². The van der Waals surface area contributed by atoms with Crippen LogP contribution in [0, 0.1) is 16.7 Å². The van der Waals surface area contributed by atoms with Crippen LogP contribution in [0.15, 0.2) is 114 Å². The first-order valence-electron chi connectivity index (χ1n) is 27.5. The number of esters is 7. The normalized spacial score (nSPS) is 30.0. The van der Waals surface area contributed by atoms with Gasteiger partial charge in [0.2, 0.25) is 0 Å². The Bertz CT molecular complexity index is 3140. The zero-order chi connectivity index (χ0) is 61.2. The first-order chi connectivity index (χ1) is 39.6. The predicted molar refractivity (Wildman–Crippen MR) is 290 cm³/mol. The summed E-state index contributed by atoms with van der Waals surface area (Å²) in [6, 6.07) is 22.5. The van der Waals surface area contributed by atoms with Crippen LogP contribution in [0.4, 0.5) is 0 Å². The molecular formula is C62H69NO21. The van der Waals surface area contributed by atoms with Crippen molar-refractivity contribution in [2.75, 3.05) is 13.2 Å². The topological polar surface area (TPSA) is 306 Å². The molecule has 0 aromatic heterocycles. The van der Waals surface area contributed by atoms with E-state index in [2.05, 4.69) is 5.32 Å². The van der Waals surface area contributed by atoms with Crippen LogP contribution in [0.5, 0.6) is 0 Å². The second-order valence-electron chi connectivity index (χ2n) is 22.6. The molecular weight excluding hydrogens is 1090 g/mol. The molecule has 14 atom stereocenters. The van der Waals surface area contributed by atoms with E-state index in [0.29, 0.717) is 5.56 Å². The Morgan fingerprint density at radius 1 is 0.726 bits per heavy atom. The monoisotopic (exact) mass is 1160 g/mol. The van der Waals surface area contributed by atoms with Gasteiger partial charge in [-0.1, -0.05) is 80.6 Å². The number of carbonyl (C=O) groups is 10. The lowest BCUT2D eigenvalue weighted by atomic mass is 9.44. The quantitative estimate of drug-likeness (QED) is 0.0871. The highest BCUT2D eigenvalue weighted by molar-refractivity contribution is 5.97. The smallest absolute Gasteiger partial charge is 0.338 e. The summed E-state index contributed by atoms with van der Waals surface area (Å²) in [5, 5.41) is 29.0. The molecule has 2 saturated carbocycles. The van der Waals surface area contributed by atoms with Crippen molar-refractivity contribution >= 4 is 59.3 Å². The van der Waals surface area contributed by atoms with Gasteiger partial charge in [0.15, 0.2) is 41.6 Å². The molecule has 1 heterocycles. The lowest BCUT2D eigenvalue weighted by molar-refractivity contribution is -0.346. The molecule has 5 aliphatic rings. The molecule has 3 aromatic rings. The highest BCUT2D eigenvalue weighted by Crippen LogP contribution is 2.64. The van der Waals surface area contributed by atoms with Crippen LogP contribution in [0.3, 0.4) is 0 Å². The molecule has 4 aliphatic carbocycles. The second-order valence-corrected chi connectivity index (χ2v) is 22.6. The van der Waals surface area contributed by atoms with Crippen LogP contribution in [0.1, 0.15) is 120 Å². The standard InChI is InChI=1S/C62H69NO21/c1-32-45(30-62(75)55(83-57(73)40-23-17-12-18-24-40)53-60(9,46(70)29-47-61(53,31-77-47)84-37(6)68)54(71)52(81-36(5)67)48(32)59(62,7)8)76-26-25-42(69)50(49(38-19-13-10-14-20-38)63-56(72)39-21-15-11-16-22-39)82-58(74)41-27-43(78-33(2)64)51(80-35(4)66)44(28-41)79-34(3)65/h10-24,27,43-47,49-53,55,70,75H,25-26,28-31H2,1-9H3,(H,63,72)/t43-,44-,45+,46+,47?,49?,50?,51-,52-,53+,55+,60-,61+,62?/m1/s1. The van der Waals surface area contributed by atoms with Crippen molar-refractivity contribution in [1.82, 2.24) is 5.32 Å². The molecule has 22 nitrogen and oxygen atoms in total. The van der Waals surface area contributed by atoms with Crippen molar-refractivity contribution in [2.45, 2.75) is 160 Å². The Labute approximate surface area is 484 Å². The van der Waals surface area contributed by atoms with E-state index >= 15 is 9.59 Å². The van der Waals surface area contributed by atoms with Gasteiger partial charge in [0.05, 0.1) is 48.4 Å². The maximum atomic E-state index is 15.8. The number of fused-ring (bicyclic) bond motifs is 5. The Morgan fingerprint density at radius 2 is 1.31 bits per heavy atom. The fourth-order valence-electron chi connectivity index (χ4n) is 12.8. The molecule has 3 fully saturated rings. The van der Waals surface area contributed by atoms with E-state index in [9.17, 15) is 48.6 Å².